The summed E-state index contributed by atoms with van der Waals surface area (Å²) in [5.41, 5.74) is 2.86. The van der Waals surface area contributed by atoms with Crippen molar-refractivity contribution in [3.8, 4) is 11.3 Å². The average molecular weight is 404 g/mol. The van der Waals surface area contributed by atoms with Crippen molar-refractivity contribution in [1.29, 1.82) is 0 Å². The van der Waals surface area contributed by atoms with Crippen LogP contribution in [0.15, 0.2) is 75.0 Å². The zero-order valence-electron chi connectivity index (χ0n) is 15.4. The fourth-order valence-electron chi connectivity index (χ4n) is 2.75. The maximum atomic E-state index is 11.9. The van der Waals surface area contributed by atoms with Crippen molar-refractivity contribution in [1.82, 2.24) is 5.32 Å². The normalized spacial score (nSPS) is 16.4. The average Bonchev–Trinajstić information content (AvgIpc) is 3.30. The summed E-state index contributed by atoms with van der Waals surface area (Å²) in [6.07, 6.45) is 1.75. The molecule has 0 atom stereocenters. The molecule has 1 aliphatic rings. The number of benzene rings is 2. The summed E-state index contributed by atoms with van der Waals surface area (Å²) in [7, 11) is 0. The number of amides is 1. The second kappa shape index (κ2) is 7.81. The van der Waals surface area contributed by atoms with Crippen LogP contribution in [0.4, 0.5) is 10.5 Å². The number of thioether (sulfide) groups is 1. The largest absolute Gasteiger partial charge is 0.478 e. The number of aliphatic imine (C=N–C) groups is 1. The Morgan fingerprint density at radius 2 is 1.79 bits per heavy atom. The number of carbonyl (C=O) groups excluding carboxylic acids is 1. The van der Waals surface area contributed by atoms with Gasteiger partial charge < -0.3 is 14.8 Å². The number of carboxylic acid groups (broad SMARTS) is 1. The fourth-order valence-corrected chi connectivity index (χ4v) is 3.47. The van der Waals surface area contributed by atoms with E-state index in [9.17, 15) is 9.59 Å². The lowest BCUT2D eigenvalue weighted by Crippen LogP contribution is -2.18. The molecular weight excluding hydrogens is 388 g/mol. The fraction of sp³-hybridized carbons (Fsp3) is 0.0455. The minimum absolute atomic E-state index is 0.196. The van der Waals surface area contributed by atoms with E-state index in [0.717, 1.165) is 28.6 Å². The first kappa shape index (κ1) is 18.8. The monoisotopic (exact) mass is 404 g/mol. The van der Waals surface area contributed by atoms with Crippen LogP contribution in [0.5, 0.6) is 0 Å². The van der Waals surface area contributed by atoms with Crippen LogP contribution in [0.1, 0.15) is 21.7 Å². The highest BCUT2D eigenvalue weighted by Gasteiger charge is 2.24. The molecule has 1 aromatic heterocycles. The molecule has 0 spiro atoms. The summed E-state index contributed by atoms with van der Waals surface area (Å²) in [4.78, 5) is 28.0. The number of nitrogens with one attached hydrogen (secondary N) is 1. The highest BCUT2D eigenvalue weighted by molar-refractivity contribution is 8.18. The van der Waals surface area contributed by atoms with Crippen LogP contribution in [0.3, 0.4) is 0 Å². The lowest BCUT2D eigenvalue weighted by Gasteiger charge is -2.00. The Kier molecular flexibility index (Phi) is 5.05. The Hall–Kier alpha value is -3.58. The first-order chi connectivity index (χ1) is 14.0. The second-order valence-electron chi connectivity index (χ2n) is 6.40. The molecule has 6 nitrogen and oxygen atoms in total. The molecule has 2 aromatic carbocycles. The van der Waals surface area contributed by atoms with E-state index in [1.165, 1.54) is 12.1 Å². The van der Waals surface area contributed by atoms with Gasteiger partial charge in [0, 0.05) is 5.56 Å². The summed E-state index contributed by atoms with van der Waals surface area (Å²) in [5, 5.41) is 11.6. The standard InChI is InChI=1S/C22H16N2O4S/c1-13-2-8-16(9-3-13)23-20-19(29-22(27)24-20)12-17-10-11-18(28-17)14-4-6-15(7-5-14)21(25)26/h2-12H,1H3,(H,25,26)(H,23,24,27). The first-order valence-corrected chi connectivity index (χ1v) is 9.59. The summed E-state index contributed by atoms with van der Waals surface area (Å²) >= 11 is 1.06. The molecular formula is C22H16N2O4S. The molecule has 0 aliphatic carbocycles. The zero-order chi connectivity index (χ0) is 20.4. The second-order valence-corrected chi connectivity index (χ2v) is 7.42. The van der Waals surface area contributed by atoms with Gasteiger partial charge in [0.1, 0.15) is 17.4 Å². The Morgan fingerprint density at radius 3 is 2.48 bits per heavy atom. The van der Waals surface area contributed by atoms with Crippen molar-refractivity contribution < 1.29 is 19.1 Å². The molecule has 29 heavy (non-hydrogen) atoms. The summed E-state index contributed by atoms with van der Waals surface area (Å²) in [6.45, 7) is 2.00. The summed E-state index contributed by atoms with van der Waals surface area (Å²) < 4.78 is 5.85. The van der Waals surface area contributed by atoms with Crippen LogP contribution in [0, 0.1) is 6.92 Å². The van der Waals surface area contributed by atoms with Crippen LogP contribution < -0.4 is 5.32 Å². The Morgan fingerprint density at radius 1 is 1.07 bits per heavy atom. The van der Waals surface area contributed by atoms with Crippen molar-refractivity contribution in [3.05, 3.63) is 82.5 Å². The number of rotatable bonds is 4. The third-order valence-corrected chi connectivity index (χ3v) is 5.07. The van der Waals surface area contributed by atoms with Crippen LogP contribution in [0.2, 0.25) is 0 Å². The zero-order valence-corrected chi connectivity index (χ0v) is 16.2. The summed E-state index contributed by atoms with van der Waals surface area (Å²) in [6, 6.07) is 17.7. The highest BCUT2D eigenvalue weighted by Crippen LogP contribution is 2.30. The Balaban J connectivity index is 1.60. The molecule has 0 bridgehead atoms. The van der Waals surface area contributed by atoms with Gasteiger partial charge in [-0.05, 0) is 61.2 Å². The van der Waals surface area contributed by atoms with E-state index in [-0.39, 0.29) is 10.8 Å². The molecule has 2 heterocycles. The number of amidine groups is 1. The van der Waals surface area contributed by atoms with Crippen molar-refractivity contribution >= 4 is 40.6 Å². The van der Waals surface area contributed by atoms with Crippen LogP contribution in [-0.4, -0.2) is 22.2 Å². The first-order valence-electron chi connectivity index (χ1n) is 8.78. The third kappa shape index (κ3) is 4.30. The van der Waals surface area contributed by atoms with E-state index in [1.54, 1.807) is 30.3 Å². The number of hydrogen-bond acceptors (Lipinski definition) is 5. The van der Waals surface area contributed by atoms with Gasteiger partial charge in [0.15, 0.2) is 0 Å². The van der Waals surface area contributed by atoms with Crippen molar-refractivity contribution in [2.75, 3.05) is 0 Å². The molecule has 7 heteroatoms. The number of hydrogen-bond donors (Lipinski definition) is 2. The maximum absolute atomic E-state index is 11.9. The van der Waals surface area contributed by atoms with Gasteiger partial charge in [0.05, 0.1) is 16.2 Å². The van der Waals surface area contributed by atoms with Crippen molar-refractivity contribution in [2.24, 2.45) is 4.99 Å². The van der Waals surface area contributed by atoms with Gasteiger partial charge in [0.25, 0.3) is 5.24 Å². The van der Waals surface area contributed by atoms with Gasteiger partial charge >= 0.3 is 5.97 Å². The predicted molar refractivity (Wildman–Crippen MR) is 113 cm³/mol. The quantitative estimate of drug-likeness (QED) is 0.601. The molecule has 2 N–H and O–H groups in total. The van der Waals surface area contributed by atoms with Crippen LogP contribution in [-0.2, 0) is 0 Å². The van der Waals surface area contributed by atoms with Crippen molar-refractivity contribution in [2.45, 2.75) is 6.92 Å². The van der Waals surface area contributed by atoms with Gasteiger partial charge in [0.2, 0.25) is 0 Å². The number of furan rings is 1. The van der Waals surface area contributed by atoms with Gasteiger partial charge in [-0.1, -0.05) is 29.8 Å². The van der Waals surface area contributed by atoms with Gasteiger partial charge in [-0.2, -0.15) is 0 Å². The van der Waals surface area contributed by atoms with Gasteiger partial charge in [-0.25, -0.2) is 9.79 Å². The maximum Gasteiger partial charge on any atom is 0.335 e. The number of carbonyl (C=O) groups is 2. The molecule has 0 saturated carbocycles. The number of carboxylic acids is 1. The van der Waals surface area contributed by atoms with Crippen LogP contribution in [0.25, 0.3) is 17.4 Å². The highest BCUT2D eigenvalue weighted by atomic mass is 32.2. The van der Waals surface area contributed by atoms with Crippen molar-refractivity contribution in [3.63, 3.8) is 0 Å². The SMILES string of the molecule is Cc1ccc(N=C2NC(=O)SC2=Cc2ccc(-c3ccc(C(=O)O)cc3)o2)cc1. The van der Waals surface area contributed by atoms with Crippen LogP contribution >= 0.6 is 11.8 Å². The molecule has 4 rings (SSSR count). The third-order valence-electron chi connectivity index (χ3n) is 4.25. The van der Waals surface area contributed by atoms with E-state index in [1.807, 2.05) is 31.2 Å². The number of aromatic carboxylic acids is 1. The van der Waals surface area contributed by atoms with E-state index >= 15 is 0 Å². The molecule has 0 radical (unpaired) electrons. The molecule has 1 amide bonds. The van der Waals surface area contributed by atoms with Gasteiger partial charge in [-0.15, -0.1) is 0 Å². The Labute approximate surface area is 171 Å². The smallest absolute Gasteiger partial charge is 0.335 e. The lowest BCUT2D eigenvalue weighted by atomic mass is 10.1. The summed E-state index contributed by atoms with van der Waals surface area (Å²) in [5.74, 6) is 0.677. The molecule has 1 fully saturated rings. The Bertz CT molecular complexity index is 1140. The van der Waals surface area contributed by atoms with E-state index in [4.69, 9.17) is 9.52 Å². The molecule has 1 saturated heterocycles. The van der Waals surface area contributed by atoms with Gasteiger partial charge in [-0.3, -0.25) is 4.79 Å². The minimum Gasteiger partial charge on any atom is -0.478 e. The van der Waals surface area contributed by atoms with E-state index in [0.29, 0.717) is 22.3 Å². The number of nitrogens with zero attached hydrogens (tertiary/aromatic N) is 1. The molecule has 1 aliphatic heterocycles. The topological polar surface area (TPSA) is 91.9 Å². The number of aryl methyl sites for hydroxylation is 1. The van der Waals surface area contributed by atoms with E-state index < -0.39 is 5.97 Å². The molecule has 3 aromatic rings. The minimum atomic E-state index is -0.975. The molecule has 0 unspecified atom stereocenters. The lowest BCUT2D eigenvalue weighted by molar-refractivity contribution is 0.0697. The molecule has 144 valence electrons. The predicted octanol–water partition coefficient (Wildman–Crippen LogP) is 5.48. The van der Waals surface area contributed by atoms with E-state index in [2.05, 4.69) is 10.3 Å².